The normalized spacial score (nSPS) is 19.6. The molecule has 0 spiro atoms. The molecule has 1 fully saturated rings. The Morgan fingerprint density at radius 2 is 1.88 bits per heavy atom. The quantitative estimate of drug-likeness (QED) is 0.478. The maximum absolute atomic E-state index is 13.2. The van der Waals surface area contributed by atoms with Crippen molar-refractivity contribution in [2.45, 2.75) is 25.4 Å². The highest BCUT2D eigenvalue weighted by molar-refractivity contribution is 5.59. The summed E-state index contributed by atoms with van der Waals surface area (Å²) in [6, 6.07) is 4.21. The highest BCUT2D eigenvalue weighted by Gasteiger charge is 2.31. The van der Waals surface area contributed by atoms with Crippen LogP contribution in [0.25, 0.3) is 17.2 Å². The Hall–Kier alpha value is -3.43. The molecule has 1 aliphatic rings. The van der Waals surface area contributed by atoms with E-state index in [0.717, 1.165) is 37.6 Å². The molecule has 0 aliphatic carbocycles. The first-order chi connectivity index (χ1) is 15.3. The van der Waals surface area contributed by atoms with Gasteiger partial charge in [-0.3, -0.25) is 9.08 Å². The lowest BCUT2D eigenvalue weighted by atomic mass is 9.87. The average Bonchev–Trinajstić information content (AvgIpc) is 3.38. The highest BCUT2D eigenvalue weighted by atomic mass is 19.4. The van der Waals surface area contributed by atoms with Crippen LogP contribution in [0.4, 0.5) is 19.0 Å². The van der Waals surface area contributed by atoms with Crippen molar-refractivity contribution in [1.29, 1.82) is 0 Å². The van der Waals surface area contributed by atoms with E-state index in [-0.39, 0.29) is 0 Å². The monoisotopic (exact) mass is 441 g/mol. The van der Waals surface area contributed by atoms with Crippen LogP contribution >= 0.6 is 0 Å². The van der Waals surface area contributed by atoms with E-state index >= 15 is 0 Å². The minimum atomic E-state index is -4.44. The Bertz CT molecular complexity index is 1260. The first-order valence-electron chi connectivity index (χ1n) is 10.4. The van der Waals surface area contributed by atoms with Gasteiger partial charge < -0.3 is 4.90 Å². The molecule has 0 aromatic carbocycles. The van der Waals surface area contributed by atoms with Gasteiger partial charge in [0.05, 0.1) is 18.0 Å². The van der Waals surface area contributed by atoms with E-state index in [1.54, 1.807) is 6.20 Å². The molecule has 5 heterocycles. The molecule has 2 atom stereocenters. The zero-order chi connectivity index (χ0) is 22.5. The van der Waals surface area contributed by atoms with Crippen LogP contribution < -0.4 is 4.90 Å². The largest absolute Gasteiger partial charge is 0.417 e. The Balaban J connectivity index is 1.48. The molecule has 166 valence electrons. The highest BCUT2D eigenvalue weighted by Crippen LogP contribution is 2.33. The first kappa shape index (κ1) is 20.5. The summed E-state index contributed by atoms with van der Waals surface area (Å²) in [4.78, 5) is 15.5. The van der Waals surface area contributed by atoms with Crippen LogP contribution in [0, 0.1) is 5.92 Å². The molecule has 4 aromatic heterocycles. The number of nitrogens with zero attached hydrogens (tertiary/aromatic N) is 7. The van der Waals surface area contributed by atoms with Gasteiger partial charge in [0.15, 0.2) is 5.82 Å². The maximum atomic E-state index is 13.2. The lowest BCUT2D eigenvalue weighted by Crippen LogP contribution is -2.39. The number of hydrogen-bond donors (Lipinski definition) is 0. The van der Waals surface area contributed by atoms with Crippen molar-refractivity contribution in [1.82, 2.24) is 29.1 Å². The standard InChI is InChI=1S/C22H22F3N7/c1-14-7-15(16-8-28-30(2)11-16)12-31(10-14)20-5-6-26-21(29-20)18-9-27-19-4-3-17(13-32(18)19)22(23,24)25/h3-6,8-9,11,13-15H,7,10,12H2,1-2H3/t14-,15-/m1/s1. The number of fused-ring (bicyclic) bond motifs is 1. The number of hydrogen-bond acceptors (Lipinski definition) is 5. The molecule has 0 N–H and O–H groups in total. The molecule has 1 saturated heterocycles. The Morgan fingerprint density at radius 1 is 1.03 bits per heavy atom. The third-order valence-electron chi connectivity index (χ3n) is 5.88. The van der Waals surface area contributed by atoms with Gasteiger partial charge in [0.1, 0.15) is 17.2 Å². The number of aromatic nitrogens is 6. The number of alkyl halides is 3. The van der Waals surface area contributed by atoms with Crippen LogP contribution in [-0.4, -0.2) is 42.2 Å². The van der Waals surface area contributed by atoms with Crippen molar-refractivity contribution in [2.75, 3.05) is 18.0 Å². The van der Waals surface area contributed by atoms with E-state index in [1.165, 1.54) is 22.2 Å². The summed E-state index contributed by atoms with van der Waals surface area (Å²) in [6.07, 6.45) is 4.76. The second kappa shape index (κ2) is 7.61. The molecular formula is C22H22F3N7. The molecule has 0 saturated carbocycles. The number of aryl methyl sites for hydroxylation is 1. The first-order valence-corrected chi connectivity index (χ1v) is 10.4. The molecule has 0 amide bonds. The van der Waals surface area contributed by atoms with E-state index < -0.39 is 11.7 Å². The van der Waals surface area contributed by atoms with Crippen molar-refractivity contribution in [2.24, 2.45) is 13.0 Å². The zero-order valence-corrected chi connectivity index (χ0v) is 17.7. The summed E-state index contributed by atoms with van der Waals surface area (Å²) < 4.78 is 42.8. The van der Waals surface area contributed by atoms with Gasteiger partial charge in [0, 0.05) is 44.6 Å². The molecule has 0 unspecified atom stereocenters. The van der Waals surface area contributed by atoms with E-state index in [9.17, 15) is 13.2 Å². The minimum Gasteiger partial charge on any atom is -0.356 e. The third-order valence-corrected chi connectivity index (χ3v) is 5.88. The number of anilines is 1. The zero-order valence-electron chi connectivity index (χ0n) is 17.7. The molecule has 32 heavy (non-hydrogen) atoms. The lowest BCUT2D eigenvalue weighted by molar-refractivity contribution is -0.137. The predicted octanol–water partition coefficient (Wildman–Crippen LogP) is 4.17. The molecule has 5 rings (SSSR count). The SMILES string of the molecule is C[C@@H]1C[C@@H](c2cnn(C)c2)CN(c2ccnc(-c3cnc4ccc(C(F)(F)F)cn34)n2)C1. The summed E-state index contributed by atoms with van der Waals surface area (Å²) in [6.45, 7) is 3.84. The van der Waals surface area contributed by atoms with E-state index in [4.69, 9.17) is 4.98 Å². The van der Waals surface area contributed by atoms with E-state index in [0.29, 0.717) is 29.0 Å². The summed E-state index contributed by atoms with van der Waals surface area (Å²) >= 11 is 0. The molecule has 7 nitrogen and oxygen atoms in total. The Labute approximate surface area is 182 Å². The van der Waals surface area contributed by atoms with Crippen LogP contribution in [0.15, 0.2) is 49.2 Å². The summed E-state index contributed by atoms with van der Waals surface area (Å²) in [5.41, 5.74) is 1.27. The van der Waals surface area contributed by atoms with E-state index in [1.807, 2.05) is 30.2 Å². The lowest BCUT2D eigenvalue weighted by Gasteiger charge is -2.37. The van der Waals surface area contributed by atoms with Crippen LogP contribution in [0.3, 0.4) is 0 Å². The fourth-order valence-electron chi connectivity index (χ4n) is 4.39. The predicted molar refractivity (Wildman–Crippen MR) is 113 cm³/mol. The smallest absolute Gasteiger partial charge is 0.356 e. The maximum Gasteiger partial charge on any atom is 0.417 e. The minimum absolute atomic E-state index is 0.330. The number of halogens is 3. The van der Waals surface area contributed by atoms with Gasteiger partial charge in [-0.1, -0.05) is 6.92 Å². The molecule has 0 bridgehead atoms. The van der Waals surface area contributed by atoms with Crippen molar-refractivity contribution < 1.29 is 13.2 Å². The number of piperidine rings is 1. The van der Waals surface area contributed by atoms with Crippen molar-refractivity contribution >= 4 is 11.5 Å². The Kier molecular flexibility index (Phi) is 4.87. The summed E-state index contributed by atoms with van der Waals surface area (Å²) in [5.74, 6) is 1.87. The van der Waals surface area contributed by atoms with Crippen LogP contribution in [0.2, 0.25) is 0 Å². The molecular weight excluding hydrogens is 419 g/mol. The van der Waals surface area contributed by atoms with Gasteiger partial charge in [-0.05, 0) is 36.1 Å². The number of imidazole rings is 1. The summed E-state index contributed by atoms with van der Waals surface area (Å²) in [5, 5.41) is 4.30. The van der Waals surface area contributed by atoms with Gasteiger partial charge in [-0.15, -0.1) is 0 Å². The fourth-order valence-corrected chi connectivity index (χ4v) is 4.39. The van der Waals surface area contributed by atoms with Crippen LogP contribution in [0.1, 0.15) is 30.4 Å². The van der Waals surface area contributed by atoms with Gasteiger partial charge in [-0.25, -0.2) is 15.0 Å². The fraction of sp³-hybridized carbons (Fsp3) is 0.364. The second-order valence-corrected chi connectivity index (χ2v) is 8.42. The van der Waals surface area contributed by atoms with Crippen LogP contribution in [-0.2, 0) is 13.2 Å². The van der Waals surface area contributed by atoms with Gasteiger partial charge in [-0.2, -0.15) is 18.3 Å². The van der Waals surface area contributed by atoms with Gasteiger partial charge in [0.25, 0.3) is 0 Å². The summed E-state index contributed by atoms with van der Waals surface area (Å²) in [7, 11) is 1.91. The van der Waals surface area contributed by atoms with Gasteiger partial charge in [0.2, 0.25) is 0 Å². The topological polar surface area (TPSA) is 64.1 Å². The van der Waals surface area contributed by atoms with Crippen molar-refractivity contribution in [3.05, 3.63) is 60.3 Å². The third kappa shape index (κ3) is 3.80. The molecule has 0 radical (unpaired) electrons. The average molecular weight is 441 g/mol. The van der Waals surface area contributed by atoms with Crippen molar-refractivity contribution in [3.8, 4) is 11.5 Å². The number of pyridine rings is 1. The van der Waals surface area contributed by atoms with E-state index in [2.05, 4.69) is 26.9 Å². The molecule has 1 aliphatic heterocycles. The van der Waals surface area contributed by atoms with Crippen LogP contribution in [0.5, 0.6) is 0 Å². The number of rotatable bonds is 3. The Morgan fingerprint density at radius 3 is 2.62 bits per heavy atom. The molecule has 10 heteroatoms. The second-order valence-electron chi connectivity index (χ2n) is 8.42. The van der Waals surface area contributed by atoms with Gasteiger partial charge >= 0.3 is 6.18 Å². The molecule has 4 aromatic rings. The van der Waals surface area contributed by atoms with Crippen molar-refractivity contribution in [3.63, 3.8) is 0 Å².